The topological polar surface area (TPSA) is 121 Å². The van der Waals surface area contributed by atoms with Gasteiger partial charge in [0.25, 0.3) is 5.91 Å². The molecule has 1 fully saturated rings. The van der Waals surface area contributed by atoms with Gasteiger partial charge in [-0.1, -0.05) is 6.92 Å². The normalized spacial score (nSPS) is 17.3. The van der Waals surface area contributed by atoms with Crippen LogP contribution in [0.25, 0.3) is 0 Å². The molecule has 2 rings (SSSR count). The van der Waals surface area contributed by atoms with Gasteiger partial charge in [0.05, 0.1) is 17.7 Å². The summed E-state index contributed by atoms with van der Waals surface area (Å²) < 4.78 is 23.9. The minimum Gasteiger partial charge on any atom is -0.289 e. The number of amides is 3. The van der Waals surface area contributed by atoms with Gasteiger partial charge < -0.3 is 0 Å². The number of thioether (sulfide) groups is 1. The predicted octanol–water partition coefficient (Wildman–Crippen LogP) is 0.985. The number of carbonyl (C=O) groups is 3. The Bertz CT molecular complexity index is 802. The third-order valence-electron chi connectivity index (χ3n) is 4.26. The number of hydroxylamine groups is 1. The van der Waals surface area contributed by atoms with Gasteiger partial charge in [0.1, 0.15) is 0 Å². The van der Waals surface area contributed by atoms with Crippen molar-refractivity contribution in [1.82, 2.24) is 10.4 Å². The van der Waals surface area contributed by atoms with Crippen molar-refractivity contribution in [3.63, 3.8) is 0 Å². The first-order valence-electron chi connectivity index (χ1n) is 7.91. The Morgan fingerprint density at radius 3 is 2.23 bits per heavy atom. The first-order valence-corrected chi connectivity index (χ1v) is 10.4. The van der Waals surface area contributed by atoms with E-state index < -0.39 is 45.1 Å². The van der Waals surface area contributed by atoms with E-state index >= 15 is 0 Å². The molecule has 1 aromatic carbocycles. The van der Waals surface area contributed by atoms with Crippen molar-refractivity contribution in [2.24, 2.45) is 0 Å². The smallest absolute Gasteiger partial charge is 0.266 e. The number of benzene rings is 1. The lowest BCUT2D eigenvalue weighted by molar-refractivity contribution is -0.151. The Hall–Kier alpha value is -1.91. The summed E-state index contributed by atoms with van der Waals surface area (Å²) in [6.07, 6.45) is -0.491. The van der Waals surface area contributed by atoms with E-state index in [1.165, 1.54) is 24.7 Å². The molecule has 0 aliphatic carbocycles. The molecule has 1 aromatic rings. The van der Waals surface area contributed by atoms with Crippen LogP contribution in [0.5, 0.6) is 0 Å². The van der Waals surface area contributed by atoms with E-state index in [1.54, 1.807) is 23.9 Å². The van der Waals surface area contributed by atoms with Crippen LogP contribution in [0.4, 0.5) is 0 Å². The molecule has 0 aromatic heterocycles. The van der Waals surface area contributed by atoms with Crippen molar-refractivity contribution in [3.8, 4) is 0 Å². The molecule has 3 amide bonds. The zero-order valence-electron chi connectivity index (χ0n) is 14.4. The van der Waals surface area contributed by atoms with E-state index in [2.05, 4.69) is 0 Å². The molecular weight excluding hydrogens is 380 g/mol. The number of hydrogen-bond acceptors (Lipinski definition) is 7. The van der Waals surface area contributed by atoms with Crippen molar-refractivity contribution in [2.45, 2.75) is 40.7 Å². The lowest BCUT2D eigenvalue weighted by Gasteiger charge is -2.36. The van der Waals surface area contributed by atoms with Crippen LogP contribution in [-0.4, -0.2) is 53.8 Å². The quantitative estimate of drug-likeness (QED) is 0.316. The molecule has 0 radical (unpaired) electrons. The Morgan fingerprint density at radius 2 is 1.77 bits per heavy atom. The van der Waals surface area contributed by atoms with E-state index in [-0.39, 0.29) is 4.90 Å². The first kappa shape index (κ1) is 20.4. The summed E-state index contributed by atoms with van der Waals surface area (Å²) in [5, 5.41) is 9.04. The molecule has 1 aliphatic heterocycles. The third kappa shape index (κ3) is 3.49. The lowest BCUT2D eigenvalue weighted by Crippen LogP contribution is -2.60. The van der Waals surface area contributed by atoms with Crippen molar-refractivity contribution in [1.29, 1.82) is 0 Å². The van der Waals surface area contributed by atoms with Crippen molar-refractivity contribution in [2.75, 3.05) is 12.8 Å². The van der Waals surface area contributed by atoms with Gasteiger partial charge in [0.2, 0.25) is 11.8 Å². The number of piperidine rings is 1. The zero-order valence-corrected chi connectivity index (χ0v) is 16.0. The van der Waals surface area contributed by atoms with E-state index in [0.717, 1.165) is 22.0 Å². The molecule has 8 nitrogen and oxygen atoms in total. The van der Waals surface area contributed by atoms with Crippen LogP contribution in [-0.2, 0) is 24.2 Å². The zero-order chi connectivity index (χ0) is 19.5. The highest BCUT2D eigenvalue weighted by Crippen LogP contribution is 2.37. The number of rotatable bonds is 6. The van der Waals surface area contributed by atoms with Gasteiger partial charge in [-0.2, -0.15) is 0 Å². The number of carbonyl (C=O) groups excluding carboxylic acids is 3. The van der Waals surface area contributed by atoms with Gasteiger partial charge in [-0.05, 0) is 36.4 Å². The lowest BCUT2D eigenvalue weighted by atomic mass is 9.94. The van der Waals surface area contributed by atoms with Crippen LogP contribution < -0.4 is 5.48 Å². The van der Waals surface area contributed by atoms with E-state index in [1.807, 2.05) is 6.92 Å². The number of nitrogens with zero attached hydrogens (tertiary/aromatic N) is 1. The largest absolute Gasteiger partial charge is 0.289 e. The second kappa shape index (κ2) is 7.77. The number of likely N-dealkylation sites (tertiary alicyclic amines) is 1. The van der Waals surface area contributed by atoms with Gasteiger partial charge >= 0.3 is 0 Å². The molecule has 0 atom stereocenters. The second-order valence-corrected chi connectivity index (χ2v) is 9.39. The van der Waals surface area contributed by atoms with Gasteiger partial charge in [-0.25, -0.2) is 13.9 Å². The van der Waals surface area contributed by atoms with Crippen molar-refractivity contribution in [3.05, 3.63) is 24.3 Å². The number of imide groups is 1. The SMILES string of the molecule is CCCSc1ccc(S(=O)(=O)C2(C(=O)NO)CC(=O)N(C)C(=O)C2)cc1. The van der Waals surface area contributed by atoms with E-state index in [0.29, 0.717) is 0 Å². The average molecular weight is 400 g/mol. The molecule has 0 spiro atoms. The van der Waals surface area contributed by atoms with Crippen LogP contribution in [0, 0.1) is 0 Å². The minimum absolute atomic E-state index is 0.188. The summed E-state index contributed by atoms with van der Waals surface area (Å²) in [6.45, 7) is 2.03. The molecule has 0 unspecified atom stereocenters. The maximum atomic E-state index is 13.1. The maximum Gasteiger partial charge on any atom is 0.266 e. The maximum absolute atomic E-state index is 13.1. The third-order valence-corrected chi connectivity index (χ3v) is 7.87. The highest BCUT2D eigenvalue weighted by atomic mass is 32.2. The molecule has 0 bridgehead atoms. The van der Waals surface area contributed by atoms with Crippen molar-refractivity contribution >= 4 is 39.3 Å². The molecule has 26 heavy (non-hydrogen) atoms. The molecule has 0 saturated carbocycles. The average Bonchev–Trinajstić information content (AvgIpc) is 2.63. The number of hydrogen-bond donors (Lipinski definition) is 2. The minimum atomic E-state index is -4.41. The molecule has 10 heteroatoms. The van der Waals surface area contributed by atoms with Crippen LogP contribution in [0.1, 0.15) is 26.2 Å². The molecule has 1 saturated heterocycles. The molecule has 142 valence electrons. The molecular formula is C16H20N2O6S2. The predicted molar refractivity (Wildman–Crippen MR) is 94.3 cm³/mol. The van der Waals surface area contributed by atoms with Crippen LogP contribution in [0.2, 0.25) is 0 Å². The standard InChI is InChI=1S/C16H20N2O6S2/c1-3-8-25-11-4-6-12(7-5-11)26(23,24)16(15(21)17-22)9-13(19)18(2)14(20)10-16/h4-7,22H,3,8-10H2,1-2H3,(H,17,21). The van der Waals surface area contributed by atoms with Crippen LogP contribution >= 0.6 is 11.8 Å². The fourth-order valence-corrected chi connectivity index (χ4v) is 5.29. The molecule has 2 N–H and O–H groups in total. The van der Waals surface area contributed by atoms with Gasteiger partial charge in [-0.15, -0.1) is 11.8 Å². The van der Waals surface area contributed by atoms with Gasteiger partial charge in [-0.3, -0.25) is 24.5 Å². The second-order valence-electron chi connectivity index (χ2n) is 5.96. The first-order chi connectivity index (χ1) is 12.2. The number of nitrogens with one attached hydrogen (secondary N) is 1. The highest BCUT2D eigenvalue weighted by molar-refractivity contribution is 7.99. The molecule has 1 heterocycles. The van der Waals surface area contributed by atoms with E-state index in [9.17, 15) is 22.8 Å². The van der Waals surface area contributed by atoms with E-state index in [4.69, 9.17) is 5.21 Å². The summed E-state index contributed by atoms with van der Waals surface area (Å²) in [5.41, 5.74) is 1.30. The van der Waals surface area contributed by atoms with Crippen LogP contribution in [0.15, 0.2) is 34.1 Å². The van der Waals surface area contributed by atoms with Gasteiger partial charge in [0.15, 0.2) is 14.6 Å². The fraction of sp³-hybridized carbons (Fsp3) is 0.438. The summed E-state index contributed by atoms with van der Waals surface area (Å²) in [4.78, 5) is 37.8. The highest BCUT2D eigenvalue weighted by Gasteiger charge is 2.57. The van der Waals surface area contributed by atoms with Crippen LogP contribution in [0.3, 0.4) is 0 Å². The summed E-state index contributed by atoms with van der Waals surface area (Å²) in [5.74, 6) is -2.03. The summed E-state index contributed by atoms with van der Waals surface area (Å²) in [7, 11) is -3.19. The monoisotopic (exact) mass is 400 g/mol. The number of sulfone groups is 1. The van der Waals surface area contributed by atoms with Crippen molar-refractivity contribution < 1.29 is 28.0 Å². The van der Waals surface area contributed by atoms with Gasteiger partial charge in [0, 0.05) is 11.9 Å². The molecule has 1 aliphatic rings. The Morgan fingerprint density at radius 1 is 1.23 bits per heavy atom. The fourth-order valence-electron chi connectivity index (χ4n) is 2.66. The Balaban J connectivity index is 2.49. The summed E-state index contributed by atoms with van der Waals surface area (Å²) in [6, 6.07) is 5.90. The Labute approximate surface area is 155 Å². The Kier molecular flexibility index (Phi) is 6.09. The summed E-state index contributed by atoms with van der Waals surface area (Å²) >= 11 is 1.56.